The molecule has 0 saturated carbocycles. The first-order valence-corrected chi connectivity index (χ1v) is 5.47. The van der Waals surface area contributed by atoms with E-state index in [1.54, 1.807) is 0 Å². The van der Waals surface area contributed by atoms with E-state index in [-0.39, 0.29) is 19.4 Å². The summed E-state index contributed by atoms with van der Waals surface area (Å²) < 4.78 is 10.5. The molecule has 0 aliphatic carbocycles. The van der Waals surface area contributed by atoms with Gasteiger partial charge >= 0.3 is 0 Å². The van der Waals surface area contributed by atoms with Crippen LogP contribution in [0.3, 0.4) is 0 Å². The lowest BCUT2D eigenvalue weighted by molar-refractivity contribution is 0.174. The van der Waals surface area contributed by atoms with Crippen molar-refractivity contribution in [1.29, 1.82) is 0 Å². The van der Waals surface area contributed by atoms with E-state index >= 15 is 0 Å². The van der Waals surface area contributed by atoms with E-state index in [1.165, 1.54) is 0 Å². The largest absolute Gasteiger partial charge is 0.454 e. The Balaban J connectivity index is 2.18. The average molecular weight is 223 g/mol. The molecule has 0 spiro atoms. The van der Waals surface area contributed by atoms with E-state index in [1.807, 2.05) is 18.2 Å². The van der Waals surface area contributed by atoms with E-state index in [2.05, 4.69) is 19.2 Å². The Hall–Kier alpha value is -1.26. The predicted molar refractivity (Wildman–Crippen MR) is 60.7 cm³/mol. The van der Waals surface area contributed by atoms with Crippen LogP contribution < -0.4 is 14.8 Å². The fourth-order valence-electron chi connectivity index (χ4n) is 1.79. The first-order valence-electron chi connectivity index (χ1n) is 5.47. The Morgan fingerprint density at radius 2 is 2.06 bits per heavy atom. The van der Waals surface area contributed by atoms with Gasteiger partial charge in [0, 0.05) is 6.04 Å². The highest BCUT2D eigenvalue weighted by Crippen LogP contribution is 2.34. The number of rotatable bonds is 4. The van der Waals surface area contributed by atoms with Crippen molar-refractivity contribution in [3.63, 3.8) is 0 Å². The van der Waals surface area contributed by atoms with Crippen molar-refractivity contribution in [2.75, 3.05) is 13.4 Å². The molecule has 0 saturated heterocycles. The number of aliphatic hydroxyl groups excluding tert-OH is 1. The van der Waals surface area contributed by atoms with Crippen molar-refractivity contribution in [2.24, 2.45) is 0 Å². The zero-order chi connectivity index (χ0) is 11.5. The van der Waals surface area contributed by atoms with Crippen molar-refractivity contribution >= 4 is 0 Å². The van der Waals surface area contributed by atoms with Gasteiger partial charge in [0.2, 0.25) is 6.79 Å². The molecule has 2 N–H and O–H groups in total. The minimum atomic E-state index is -0.0606. The van der Waals surface area contributed by atoms with Crippen LogP contribution in [0.4, 0.5) is 0 Å². The zero-order valence-corrected chi connectivity index (χ0v) is 9.56. The zero-order valence-electron chi connectivity index (χ0n) is 9.56. The second-order valence-electron chi connectivity index (χ2n) is 4.17. The van der Waals surface area contributed by atoms with Gasteiger partial charge in [-0.15, -0.1) is 0 Å². The summed E-state index contributed by atoms with van der Waals surface area (Å²) in [5.41, 5.74) is 1.01. The van der Waals surface area contributed by atoms with Gasteiger partial charge in [0.15, 0.2) is 11.5 Å². The van der Waals surface area contributed by atoms with Gasteiger partial charge in [0.05, 0.1) is 12.6 Å². The van der Waals surface area contributed by atoms with E-state index in [0.29, 0.717) is 6.04 Å². The van der Waals surface area contributed by atoms with Crippen LogP contribution in [-0.2, 0) is 0 Å². The van der Waals surface area contributed by atoms with Crippen molar-refractivity contribution in [3.8, 4) is 11.5 Å². The molecule has 88 valence electrons. The summed E-state index contributed by atoms with van der Waals surface area (Å²) in [5, 5.41) is 12.6. The van der Waals surface area contributed by atoms with Crippen molar-refractivity contribution in [3.05, 3.63) is 23.8 Å². The SMILES string of the molecule is CC(C)NC(CO)c1ccc2c(c1)OCO2. The lowest BCUT2D eigenvalue weighted by Gasteiger charge is -2.19. The molecule has 1 heterocycles. The van der Waals surface area contributed by atoms with Crippen LogP contribution in [0.25, 0.3) is 0 Å². The summed E-state index contributed by atoms with van der Waals surface area (Å²) in [7, 11) is 0. The summed E-state index contributed by atoms with van der Waals surface area (Å²) in [4.78, 5) is 0. The van der Waals surface area contributed by atoms with E-state index in [0.717, 1.165) is 17.1 Å². The first kappa shape index (κ1) is 11.2. The van der Waals surface area contributed by atoms with Gasteiger partial charge in [-0.3, -0.25) is 0 Å². The van der Waals surface area contributed by atoms with Gasteiger partial charge in [-0.2, -0.15) is 0 Å². The third kappa shape index (κ3) is 2.28. The Morgan fingerprint density at radius 3 is 2.75 bits per heavy atom. The third-order valence-corrected chi connectivity index (χ3v) is 2.52. The summed E-state index contributed by atoms with van der Waals surface area (Å²) in [6, 6.07) is 6.00. The predicted octanol–water partition coefficient (Wildman–Crippen LogP) is 1.45. The smallest absolute Gasteiger partial charge is 0.231 e. The van der Waals surface area contributed by atoms with Crippen LogP contribution in [0.1, 0.15) is 25.5 Å². The number of aliphatic hydroxyl groups is 1. The normalized spacial score (nSPS) is 15.5. The molecule has 4 nitrogen and oxygen atoms in total. The molecular weight excluding hydrogens is 206 g/mol. The van der Waals surface area contributed by atoms with Gasteiger partial charge in [0.1, 0.15) is 0 Å². The number of hydrogen-bond acceptors (Lipinski definition) is 4. The number of fused-ring (bicyclic) bond motifs is 1. The van der Waals surface area contributed by atoms with Gasteiger partial charge in [0.25, 0.3) is 0 Å². The lowest BCUT2D eigenvalue weighted by Crippen LogP contribution is -2.30. The summed E-state index contributed by atoms with van der Waals surface area (Å²) >= 11 is 0. The molecule has 16 heavy (non-hydrogen) atoms. The maximum atomic E-state index is 9.34. The Kier molecular flexibility index (Phi) is 3.31. The standard InChI is InChI=1S/C12H17NO3/c1-8(2)13-10(6-14)9-3-4-11-12(5-9)16-7-15-11/h3-5,8,10,13-14H,6-7H2,1-2H3. The Bertz CT molecular complexity index is 365. The number of ether oxygens (including phenoxy) is 2. The van der Waals surface area contributed by atoms with E-state index < -0.39 is 0 Å². The summed E-state index contributed by atoms with van der Waals surface area (Å²) in [6.45, 7) is 4.45. The molecule has 0 amide bonds. The van der Waals surface area contributed by atoms with Crippen LogP contribution >= 0.6 is 0 Å². The van der Waals surface area contributed by atoms with Gasteiger partial charge in [-0.1, -0.05) is 19.9 Å². The van der Waals surface area contributed by atoms with Crippen LogP contribution in [0, 0.1) is 0 Å². The van der Waals surface area contributed by atoms with Gasteiger partial charge in [-0.05, 0) is 17.7 Å². The topological polar surface area (TPSA) is 50.7 Å². The van der Waals surface area contributed by atoms with Crippen molar-refractivity contribution < 1.29 is 14.6 Å². The highest BCUT2D eigenvalue weighted by molar-refractivity contribution is 5.45. The molecule has 4 heteroatoms. The molecule has 1 aromatic rings. The molecule has 1 aliphatic heterocycles. The van der Waals surface area contributed by atoms with E-state index in [4.69, 9.17) is 9.47 Å². The molecule has 0 aromatic heterocycles. The van der Waals surface area contributed by atoms with Gasteiger partial charge in [-0.25, -0.2) is 0 Å². The van der Waals surface area contributed by atoms with Crippen LogP contribution in [-0.4, -0.2) is 24.5 Å². The molecule has 0 radical (unpaired) electrons. The number of nitrogens with one attached hydrogen (secondary N) is 1. The average Bonchev–Trinajstić information content (AvgIpc) is 2.72. The molecular formula is C12H17NO3. The third-order valence-electron chi connectivity index (χ3n) is 2.52. The summed E-state index contributed by atoms with van der Waals surface area (Å²) in [5.74, 6) is 1.52. The van der Waals surface area contributed by atoms with Crippen LogP contribution in [0.5, 0.6) is 11.5 Å². The Morgan fingerprint density at radius 1 is 1.31 bits per heavy atom. The highest BCUT2D eigenvalue weighted by atomic mass is 16.7. The maximum absolute atomic E-state index is 9.34. The molecule has 1 aliphatic rings. The van der Waals surface area contributed by atoms with E-state index in [9.17, 15) is 5.11 Å². The van der Waals surface area contributed by atoms with Gasteiger partial charge < -0.3 is 19.9 Å². The highest BCUT2D eigenvalue weighted by Gasteiger charge is 2.17. The second kappa shape index (κ2) is 4.72. The van der Waals surface area contributed by atoms with Crippen LogP contribution in [0.15, 0.2) is 18.2 Å². The molecule has 2 rings (SSSR count). The van der Waals surface area contributed by atoms with Crippen molar-refractivity contribution in [1.82, 2.24) is 5.32 Å². The number of benzene rings is 1. The Labute approximate surface area is 95.2 Å². The molecule has 1 aromatic carbocycles. The van der Waals surface area contributed by atoms with Crippen LogP contribution in [0.2, 0.25) is 0 Å². The molecule has 1 unspecified atom stereocenters. The minimum absolute atomic E-state index is 0.0606. The molecule has 0 fully saturated rings. The quantitative estimate of drug-likeness (QED) is 0.811. The summed E-state index contributed by atoms with van der Waals surface area (Å²) in [6.07, 6.45) is 0. The second-order valence-corrected chi connectivity index (χ2v) is 4.17. The minimum Gasteiger partial charge on any atom is -0.454 e. The van der Waals surface area contributed by atoms with Crippen molar-refractivity contribution in [2.45, 2.75) is 25.9 Å². The molecule has 1 atom stereocenters. The lowest BCUT2D eigenvalue weighted by atomic mass is 10.1. The fraction of sp³-hybridized carbons (Fsp3) is 0.500. The maximum Gasteiger partial charge on any atom is 0.231 e. The number of hydrogen-bond donors (Lipinski definition) is 2. The first-order chi connectivity index (χ1) is 7.70. The fourth-order valence-corrected chi connectivity index (χ4v) is 1.79. The molecule has 0 bridgehead atoms. The monoisotopic (exact) mass is 223 g/mol.